The standard InChI is InChI=1S/C17H14N2O3S/c18-23(20,21)16-9-7-15(8-10-16)19-12-13-3-5-14(6-4-13)17-2-1-11-22-17/h1-12H,(H2,18,20,21). The number of sulfonamides is 1. The lowest BCUT2D eigenvalue weighted by Gasteiger charge is -1.99. The molecule has 0 aliphatic heterocycles. The van der Waals surface area contributed by atoms with Crippen LogP contribution < -0.4 is 5.14 Å². The second-order valence-electron chi connectivity index (χ2n) is 4.90. The molecule has 0 radical (unpaired) electrons. The van der Waals surface area contributed by atoms with Gasteiger partial charge in [-0.2, -0.15) is 0 Å². The Balaban J connectivity index is 1.75. The normalized spacial score (nSPS) is 11.9. The number of aliphatic imine (C=N–C) groups is 1. The molecule has 0 aliphatic rings. The zero-order valence-electron chi connectivity index (χ0n) is 12.1. The Hall–Kier alpha value is -2.70. The minimum atomic E-state index is -3.67. The quantitative estimate of drug-likeness (QED) is 0.746. The summed E-state index contributed by atoms with van der Waals surface area (Å²) in [6, 6.07) is 17.6. The first-order valence-electron chi connectivity index (χ1n) is 6.83. The predicted molar refractivity (Wildman–Crippen MR) is 89.2 cm³/mol. The lowest BCUT2D eigenvalue weighted by Crippen LogP contribution is -2.11. The van der Waals surface area contributed by atoms with Gasteiger partial charge in [0.25, 0.3) is 0 Å². The number of primary sulfonamides is 1. The largest absolute Gasteiger partial charge is 0.464 e. The highest BCUT2D eigenvalue weighted by Gasteiger charge is 2.06. The van der Waals surface area contributed by atoms with Gasteiger partial charge >= 0.3 is 0 Å². The Kier molecular flexibility index (Phi) is 4.10. The van der Waals surface area contributed by atoms with Gasteiger partial charge in [-0.15, -0.1) is 0 Å². The van der Waals surface area contributed by atoms with Gasteiger partial charge in [0.2, 0.25) is 10.0 Å². The van der Waals surface area contributed by atoms with E-state index in [-0.39, 0.29) is 4.90 Å². The van der Waals surface area contributed by atoms with Crippen LogP contribution in [0.25, 0.3) is 11.3 Å². The van der Waals surface area contributed by atoms with Crippen LogP contribution in [-0.2, 0) is 10.0 Å². The molecular weight excluding hydrogens is 312 g/mol. The Morgan fingerprint density at radius 1 is 0.957 bits per heavy atom. The minimum Gasteiger partial charge on any atom is -0.464 e. The number of nitrogens with two attached hydrogens (primary N) is 1. The molecule has 1 aromatic heterocycles. The Morgan fingerprint density at radius 2 is 1.65 bits per heavy atom. The van der Waals surface area contributed by atoms with Gasteiger partial charge in [-0.3, -0.25) is 4.99 Å². The lowest BCUT2D eigenvalue weighted by atomic mass is 10.1. The molecule has 2 N–H and O–H groups in total. The van der Waals surface area contributed by atoms with E-state index in [1.807, 2.05) is 36.4 Å². The van der Waals surface area contributed by atoms with E-state index < -0.39 is 10.0 Å². The molecule has 1 heterocycles. The summed E-state index contributed by atoms with van der Waals surface area (Å²) in [5.74, 6) is 0.812. The van der Waals surface area contributed by atoms with E-state index in [9.17, 15) is 8.42 Å². The molecule has 3 aromatic rings. The molecule has 0 amide bonds. The average Bonchev–Trinajstić information content (AvgIpc) is 3.07. The number of hydrogen-bond acceptors (Lipinski definition) is 4. The second kappa shape index (κ2) is 6.20. The highest BCUT2D eigenvalue weighted by Crippen LogP contribution is 2.20. The summed E-state index contributed by atoms with van der Waals surface area (Å²) in [6.45, 7) is 0. The van der Waals surface area contributed by atoms with Crippen molar-refractivity contribution in [2.24, 2.45) is 10.1 Å². The van der Waals surface area contributed by atoms with Crippen LogP contribution in [0.1, 0.15) is 5.56 Å². The van der Waals surface area contributed by atoms with Crippen molar-refractivity contribution in [3.63, 3.8) is 0 Å². The summed E-state index contributed by atoms with van der Waals surface area (Å²) in [4.78, 5) is 4.38. The first-order chi connectivity index (χ1) is 11.0. The first kappa shape index (κ1) is 15.2. The van der Waals surface area contributed by atoms with Crippen LogP contribution in [0, 0.1) is 0 Å². The number of benzene rings is 2. The molecule has 0 saturated carbocycles. The van der Waals surface area contributed by atoms with Crippen molar-refractivity contribution in [3.8, 4) is 11.3 Å². The molecule has 3 rings (SSSR count). The Bertz CT molecular complexity index is 911. The Labute approximate surface area is 134 Å². The van der Waals surface area contributed by atoms with E-state index in [2.05, 4.69) is 4.99 Å². The third-order valence-electron chi connectivity index (χ3n) is 3.24. The summed E-state index contributed by atoms with van der Waals surface area (Å²) in [7, 11) is -3.67. The number of furan rings is 1. The molecule has 0 atom stereocenters. The topological polar surface area (TPSA) is 85.7 Å². The number of hydrogen-bond donors (Lipinski definition) is 1. The molecule has 116 valence electrons. The van der Waals surface area contributed by atoms with Crippen molar-refractivity contribution in [3.05, 3.63) is 72.5 Å². The molecule has 5 nitrogen and oxygen atoms in total. The monoisotopic (exact) mass is 326 g/mol. The van der Waals surface area contributed by atoms with Gasteiger partial charge in [-0.05, 0) is 42.0 Å². The van der Waals surface area contributed by atoms with E-state index in [0.29, 0.717) is 5.69 Å². The summed E-state index contributed by atoms with van der Waals surface area (Å²) in [5.41, 5.74) is 2.56. The van der Waals surface area contributed by atoms with Crippen LogP contribution in [0.4, 0.5) is 5.69 Å². The average molecular weight is 326 g/mol. The molecule has 0 bridgehead atoms. The van der Waals surface area contributed by atoms with Crippen LogP contribution in [0.5, 0.6) is 0 Å². The molecule has 0 spiro atoms. The second-order valence-corrected chi connectivity index (χ2v) is 6.46. The SMILES string of the molecule is NS(=O)(=O)c1ccc(N=Cc2ccc(-c3ccco3)cc2)cc1. The van der Waals surface area contributed by atoms with Gasteiger partial charge in [-0.25, -0.2) is 13.6 Å². The number of rotatable bonds is 4. The molecular formula is C17H14N2O3S. The van der Waals surface area contributed by atoms with Crippen molar-refractivity contribution < 1.29 is 12.8 Å². The molecule has 0 aliphatic carbocycles. The fourth-order valence-corrected chi connectivity index (χ4v) is 2.56. The maximum Gasteiger partial charge on any atom is 0.238 e. The van der Waals surface area contributed by atoms with Crippen LogP contribution in [0.3, 0.4) is 0 Å². The highest BCUT2D eigenvalue weighted by molar-refractivity contribution is 7.89. The smallest absolute Gasteiger partial charge is 0.238 e. The van der Waals surface area contributed by atoms with Crippen molar-refractivity contribution in [2.75, 3.05) is 0 Å². The molecule has 23 heavy (non-hydrogen) atoms. The molecule has 0 fully saturated rings. The fraction of sp³-hybridized carbons (Fsp3) is 0. The molecule has 0 unspecified atom stereocenters. The zero-order chi connectivity index (χ0) is 16.3. The highest BCUT2D eigenvalue weighted by atomic mass is 32.2. The summed E-state index contributed by atoms with van der Waals surface area (Å²) in [5, 5.41) is 5.05. The van der Waals surface area contributed by atoms with Crippen molar-refractivity contribution >= 4 is 21.9 Å². The van der Waals surface area contributed by atoms with Crippen LogP contribution in [0.15, 0.2) is 81.2 Å². The summed E-state index contributed by atoms with van der Waals surface area (Å²) < 4.78 is 27.7. The van der Waals surface area contributed by atoms with E-state index in [0.717, 1.165) is 16.9 Å². The Morgan fingerprint density at radius 3 is 2.22 bits per heavy atom. The van der Waals surface area contributed by atoms with Gasteiger partial charge in [0.05, 0.1) is 16.8 Å². The first-order valence-corrected chi connectivity index (χ1v) is 8.38. The van der Waals surface area contributed by atoms with Crippen molar-refractivity contribution in [1.82, 2.24) is 0 Å². The third-order valence-corrected chi connectivity index (χ3v) is 4.17. The maximum atomic E-state index is 11.2. The fourth-order valence-electron chi connectivity index (χ4n) is 2.05. The van der Waals surface area contributed by atoms with Crippen LogP contribution in [-0.4, -0.2) is 14.6 Å². The minimum absolute atomic E-state index is 0.0688. The van der Waals surface area contributed by atoms with Gasteiger partial charge in [-0.1, -0.05) is 24.3 Å². The van der Waals surface area contributed by atoms with Crippen LogP contribution in [0.2, 0.25) is 0 Å². The van der Waals surface area contributed by atoms with Gasteiger partial charge < -0.3 is 4.42 Å². The summed E-state index contributed by atoms with van der Waals surface area (Å²) >= 11 is 0. The zero-order valence-corrected chi connectivity index (χ0v) is 12.9. The van der Waals surface area contributed by atoms with E-state index >= 15 is 0 Å². The number of nitrogens with zero attached hydrogens (tertiary/aromatic N) is 1. The molecule has 2 aromatic carbocycles. The van der Waals surface area contributed by atoms with Gasteiger partial charge in [0, 0.05) is 11.8 Å². The van der Waals surface area contributed by atoms with E-state index in [1.54, 1.807) is 24.6 Å². The van der Waals surface area contributed by atoms with E-state index in [1.165, 1.54) is 12.1 Å². The molecule has 6 heteroatoms. The van der Waals surface area contributed by atoms with Crippen molar-refractivity contribution in [2.45, 2.75) is 4.90 Å². The molecule has 0 saturated heterocycles. The van der Waals surface area contributed by atoms with Gasteiger partial charge in [0.1, 0.15) is 5.76 Å². The lowest BCUT2D eigenvalue weighted by molar-refractivity contribution is 0.582. The predicted octanol–water partition coefficient (Wildman–Crippen LogP) is 3.34. The van der Waals surface area contributed by atoms with Gasteiger partial charge in [0.15, 0.2) is 0 Å². The summed E-state index contributed by atoms with van der Waals surface area (Å²) in [6.07, 6.45) is 3.34. The maximum absolute atomic E-state index is 11.2. The van der Waals surface area contributed by atoms with Crippen molar-refractivity contribution in [1.29, 1.82) is 0 Å². The third kappa shape index (κ3) is 3.74. The van der Waals surface area contributed by atoms with Crippen LogP contribution >= 0.6 is 0 Å². The van der Waals surface area contributed by atoms with E-state index in [4.69, 9.17) is 9.56 Å².